The van der Waals surface area contributed by atoms with Crippen LogP contribution in [0.25, 0.3) is 0 Å². The van der Waals surface area contributed by atoms with Crippen molar-refractivity contribution in [1.82, 2.24) is 0 Å². The predicted octanol–water partition coefficient (Wildman–Crippen LogP) is 1.46. The smallest absolute Gasteiger partial charge is 0.200 e. The van der Waals surface area contributed by atoms with Gasteiger partial charge in [0, 0.05) is 37.6 Å². The number of carbonyl (C=O) groups is 2. The van der Waals surface area contributed by atoms with E-state index in [1.54, 1.807) is 12.1 Å². The number of phenolic OH excluding ortho intramolecular Hbond substituents is 2. The molecule has 0 fully saturated rings. The minimum atomic E-state index is -0.543. The summed E-state index contributed by atoms with van der Waals surface area (Å²) in [6.45, 7) is 1.49. The molecule has 1 aliphatic rings. The summed E-state index contributed by atoms with van der Waals surface area (Å²) in [5.41, 5.74) is 11.8. The van der Waals surface area contributed by atoms with Crippen LogP contribution in [0.2, 0.25) is 0 Å². The molecule has 8 nitrogen and oxygen atoms in total. The van der Waals surface area contributed by atoms with Crippen molar-refractivity contribution in [2.45, 2.75) is 0 Å². The lowest BCUT2D eigenvalue weighted by Gasteiger charge is -2.24. The van der Waals surface area contributed by atoms with Crippen LogP contribution in [-0.4, -0.2) is 48.0 Å². The summed E-state index contributed by atoms with van der Waals surface area (Å²) < 4.78 is 0. The van der Waals surface area contributed by atoms with Crippen molar-refractivity contribution in [2.24, 2.45) is 11.5 Å². The zero-order chi connectivity index (χ0) is 18.8. The molecule has 2 aromatic carbocycles. The molecule has 0 radical (unpaired) electrons. The first-order valence-electron chi connectivity index (χ1n) is 8.20. The van der Waals surface area contributed by atoms with Crippen molar-refractivity contribution in [3.05, 3.63) is 46.5 Å². The molecule has 10 heteroatoms. The third kappa shape index (κ3) is 3.85. The Morgan fingerprint density at radius 1 is 0.679 bits per heavy atom. The Morgan fingerprint density at radius 2 is 1.04 bits per heavy atom. The SMILES string of the molecule is Cl.Cl.NCCNc1ccc(NCCN)c2c1C(=O)c1c(O)ccc(O)c1C2=O. The zero-order valence-corrected chi connectivity index (χ0v) is 16.5. The fourth-order valence-electron chi connectivity index (χ4n) is 3.07. The monoisotopic (exact) mass is 428 g/mol. The Morgan fingerprint density at radius 3 is 1.36 bits per heavy atom. The fraction of sp³-hybridized carbons (Fsp3) is 0.222. The maximum absolute atomic E-state index is 13.1. The first-order chi connectivity index (χ1) is 12.5. The maximum Gasteiger partial charge on any atom is 0.200 e. The standard InChI is InChI=1S/C18H20N4O4.2ClH/c19-5-7-21-9-1-2-10(22-8-6-20)14-13(9)17(25)15-11(23)3-4-12(24)16(15)18(14)26;;/h1-4,21-24H,5-8,19-20H2;2*1H. The van der Waals surface area contributed by atoms with Gasteiger partial charge >= 0.3 is 0 Å². The molecule has 2 aromatic rings. The minimum Gasteiger partial charge on any atom is -0.507 e. The molecule has 0 saturated carbocycles. The van der Waals surface area contributed by atoms with Crippen LogP contribution in [0.1, 0.15) is 31.8 Å². The van der Waals surface area contributed by atoms with E-state index in [1.807, 2.05) is 0 Å². The number of ketones is 2. The van der Waals surface area contributed by atoms with E-state index in [4.69, 9.17) is 11.5 Å². The quantitative estimate of drug-likeness (QED) is 0.322. The summed E-state index contributed by atoms with van der Waals surface area (Å²) in [6.07, 6.45) is 0. The van der Waals surface area contributed by atoms with Crippen molar-refractivity contribution in [1.29, 1.82) is 0 Å². The summed E-state index contributed by atoms with van der Waals surface area (Å²) >= 11 is 0. The van der Waals surface area contributed by atoms with Gasteiger partial charge in [-0.15, -0.1) is 24.8 Å². The largest absolute Gasteiger partial charge is 0.507 e. The van der Waals surface area contributed by atoms with Gasteiger partial charge in [-0.3, -0.25) is 9.59 Å². The number of halogens is 2. The van der Waals surface area contributed by atoms with Crippen LogP contribution in [-0.2, 0) is 0 Å². The predicted molar refractivity (Wildman–Crippen MR) is 113 cm³/mol. The summed E-state index contributed by atoms with van der Waals surface area (Å²) in [7, 11) is 0. The molecule has 0 aromatic heterocycles. The Kier molecular flexibility index (Phi) is 8.07. The van der Waals surface area contributed by atoms with Crippen molar-refractivity contribution in [3.8, 4) is 11.5 Å². The molecule has 0 unspecified atom stereocenters. The van der Waals surface area contributed by atoms with Gasteiger partial charge in [0.05, 0.1) is 22.3 Å². The highest BCUT2D eigenvalue weighted by Gasteiger charge is 2.37. The number of benzene rings is 2. The van der Waals surface area contributed by atoms with Crippen molar-refractivity contribution >= 4 is 47.8 Å². The number of nitrogens with two attached hydrogens (primary N) is 2. The average molecular weight is 429 g/mol. The van der Waals surface area contributed by atoms with E-state index >= 15 is 0 Å². The second kappa shape index (κ2) is 9.61. The second-order valence-electron chi connectivity index (χ2n) is 5.85. The lowest BCUT2D eigenvalue weighted by atomic mass is 9.81. The Bertz CT molecular complexity index is 834. The van der Waals surface area contributed by atoms with Gasteiger partial charge in [-0.25, -0.2) is 0 Å². The molecule has 0 atom stereocenters. The number of aromatic hydroxyl groups is 2. The molecular formula is C18H22Cl2N4O4. The highest BCUT2D eigenvalue weighted by atomic mass is 35.5. The Balaban J connectivity index is 0.00000196. The highest BCUT2D eigenvalue weighted by molar-refractivity contribution is 6.33. The lowest BCUT2D eigenvalue weighted by molar-refractivity contribution is 0.0975. The van der Waals surface area contributed by atoms with Crippen LogP contribution in [0.3, 0.4) is 0 Å². The third-order valence-electron chi connectivity index (χ3n) is 4.19. The molecular weight excluding hydrogens is 407 g/mol. The minimum absolute atomic E-state index is 0. The lowest BCUT2D eigenvalue weighted by Crippen LogP contribution is -2.26. The highest BCUT2D eigenvalue weighted by Crippen LogP contribution is 2.42. The molecule has 0 aliphatic heterocycles. The van der Waals surface area contributed by atoms with Crippen LogP contribution in [0.4, 0.5) is 11.4 Å². The molecule has 0 heterocycles. The molecule has 3 rings (SSSR count). The average Bonchev–Trinajstić information content (AvgIpc) is 2.64. The van der Waals surface area contributed by atoms with Crippen molar-refractivity contribution in [2.75, 3.05) is 36.8 Å². The van der Waals surface area contributed by atoms with Gasteiger partial charge in [0.1, 0.15) is 11.5 Å². The number of carbonyl (C=O) groups excluding carboxylic acids is 2. The van der Waals surface area contributed by atoms with Crippen molar-refractivity contribution in [3.63, 3.8) is 0 Å². The fourth-order valence-corrected chi connectivity index (χ4v) is 3.07. The zero-order valence-electron chi connectivity index (χ0n) is 14.8. The second-order valence-corrected chi connectivity index (χ2v) is 5.85. The van der Waals surface area contributed by atoms with Crippen LogP contribution in [0.15, 0.2) is 24.3 Å². The molecule has 28 heavy (non-hydrogen) atoms. The number of hydrogen-bond acceptors (Lipinski definition) is 8. The molecule has 0 saturated heterocycles. The number of fused-ring (bicyclic) bond motifs is 2. The van der Waals surface area contributed by atoms with E-state index < -0.39 is 11.6 Å². The van der Waals surface area contributed by atoms with E-state index in [0.29, 0.717) is 37.6 Å². The normalized spacial score (nSPS) is 11.6. The number of rotatable bonds is 6. The molecule has 152 valence electrons. The first kappa shape index (κ1) is 23.5. The van der Waals surface area contributed by atoms with Gasteiger partial charge in [-0.1, -0.05) is 0 Å². The van der Waals surface area contributed by atoms with Gasteiger partial charge < -0.3 is 32.3 Å². The third-order valence-corrected chi connectivity index (χ3v) is 4.19. The Hall–Kier alpha value is -2.52. The van der Waals surface area contributed by atoms with E-state index in [1.165, 1.54) is 12.1 Å². The number of phenols is 2. The van der Waals surface area contributed by atoms with E-state index in [-0.39, 0.29) is 58.6 Å². The summed E-state index contributed by atoms with van der Waals surface area (Å²) in [5, 5.41) is 26.3. The topological polar surface area (TPSA) is 151 Å². The first-order valence-corrected chi connectivity index (χ1v) is 8.20. The van der Waals surface area contributed by atoms with Gasteiger partial charge in [0.2, 0.25) is 11.6 Å². The van der Waals surface area contributed by atoms with Crippen LogP contribution < -0.4 is 22.1 Å². The number of nitrogens with one attached hydrogen (secondary N) is 2. The summed E-state index contributed by atoms with van der Waals surface area (Å²) in [5.74, 6) is -1.79. The summed E-state index contributed by atoms with van der Waals surface area (Å²) in [4.78, 5) is 26.2. The van der Waals surface area contributed by atoms with E-state index in [9.17, 15) is 19.8 Å². The maximum atomic E-state index is 13.1. The van der Waals surface area contributed by atoms with Crippen LogP contribution in [0, 0.1) is 0 Å². The molecule has 1 aliphatic carbocycles. The van der Waals surface area contributed by atoms with E-state index in [0.717, 1.165) is 0 Å². The van der Waals surface area contributed by atoms with Gasteiger partial charge in [-0.2, -0.15) is 0 Å². The van der Waals surface area contributed by atoms with Gasteiger partial charge in [0.15, 0.2) is 0 Å². The Labute approximate surface area is 174 Å². The van der Waals surface area contributed by atoms with E-state index in [2.05, 4.69) is 10.6 Å². The molecule has 0 amide bonds. The van der Waals surface area contributed by atoms with Gasteiger partial charge in [0.25, 0.3) is 0 Å². The molecule has 0 bridgehead atoms. The van der Waals surface area contributed by atoms with Crippen LogP contribution >= 0.6 is 24.8 Å². The van der Waals surface area contributed by atoms with Crippen LogP contribution in [0.5, 0.6) is 11.5 Å². The number of hydrogen-bond donors (Lipinski definition) is 6. The van der Waals surface area contributed by atoms with Crippen molar-refractivity contribution < 1.29 is 19.8 Å². The molecule has 8 N–H and O–H groups in total. The molecule has 0 spiro atoms. The van der Waals surface area contributed by atoms with Gasteiger partial charge in [-0.05, 0) is 24.3 Å². The number of anilines is 2. The summed E-state index contributed by atoms with van der Waals surface area (Å²) in [6, 6.07) is 5.72.